The molecule has 150 valence electrons. The van der Waals surface area contributed by atoms with Crippen LogP contribution in [0.5, 0.6) is 5.95 Å². The molecule has 2 heterocycles. The number of halogens is 1. The lowest BCUT2D eigenvalue weighted by Crippen LogP contribution is -2.22. The smallest absolute Gasteiger partial charge is 0.449 e. The van der Waals surface area contributed by atoms with Crippen molar-refractivity contribution in [3.05, 3.63) is 58.7 Å². The normalized spacial score (nSPS) is 10.4. The van der Waals surface area contributed by atoms with E-state index in [9.17, 15) is 14.4 Å². The lowest BCUT2D eigenvalue weighted by Gasteiger charge is -2.06. The molecule has 0 unspecified atom stereocenters. The average molecular weight is 420 g/mol. The van der Waals surface area contributed by atoms with Crippen LogP contribution in [0.15, 0.2) is 40.8 Å². The second-order valence-electron chi connectivity index (χ2n) is 5.62. The molecule has 2 aromatic heterocycles. The number of primary amides is 1. The Morgan fingerprint density at radius 3 is 2.55 bits per heavy atom. The zero-order valence-corrected chi connectivity index (χ0v) is 15.3. The van der Waals surface area contributed by atoms with Gasteiger partial charge < -0.3 is 30.3 Å². The van der Waals surface area contributed by atoms with Crippen molar-refractivity contribution in [1.82, 2.24) is 9.97 Å². The minimum absolute atomic E-state index is 0.0593. The van der Waals surface area contributed by atoms with Crippen molar-refractivity contribution in [2.24, 2.45) is 5.73 Å². The van der Waals surface area contributed by atoms with Gasteiger partial charge in [-0.05, 0) is 30.3 Å². The Morgan fingerprint density at radius 1 is 1.17 bits per heavy atom. The lowest BCUT2D eigenvalue weighted by molar-refractivity contribution is 0.0996. The number of imidazole rings is 1. The van der Waals surface area contributed by atoms with Crippen LogP contribution in [0.4, 0.5) is 21.1 Å². The standard InChI is InChI=1S/C17H14ClN5O6/c18-8-1-3-9(4-2-8)20-16(25)23-15-13(14(19)24)21-11(22-15)7-10-5-6-12(28-10)29-17(26)27/h1-6H,7H2,(H2,19,24)(H,21,22)(H,26,27)(H2,20,23,25). The van der Waals surface area contributed by atoms with Gasteiger partial charge in [0.25, 0.3) is 11.9 Å². The number of benzene rings is 1. The Morgan fingerprint density at radius 2 is 1.90 bits per heavy atom. The van der Waals surface area contributed by atoms with Gasteiger partial charge in [0, 0.05) is 16.8 Å². The van der Waals surface area contributed by atoms with Crippen LogP contribution in [0.3, 0.4) is 0 Å². The van der Waals surface area contributed by atoms with E-state index in [1.807, 2.05) is 0 Å². The third kappa shape index (κ3) is 5.26. The van der Waals surface area contributed by atoms with Crippen LogP contribution in [0.25, 0.3) is 0 Å². The molecule has 29 heavy (non-hydrogen) atoms. The maximum atomic E-state index is 12.2. The fourth-order valence-electron chi connectivity index (χ4n) is 2.34. The number of urea groups is 1. The number of carbonyl (C=O) groups is 3. The summed E-state index contributed by atoms with van der Waals surface area (Å²) in [6.07, 6.45) is -1.46. The lowest BCUT2D eigenvalue weighted by atomic mass is 10.3. The number of hydrogen-bond acceptors (Lipinski definition) is 6. The summed E-state index contributed by atoms with van der Waals surface area (Å²) in [6, 6.07) is 8.55. The first-order chi connectivity index (χ1) is 13.8. The Bertz CT molecular complexity index is 1060. The largest absolute Gasteiger partial charge is 0.513 e. The number of carbonyl (C=O) groups excluding carboxylic acids is 2. The maximum absolute atomic E-state index is 12.2. The molecule has 0 fully saturated rings. The topological polar surface area (TPSA) is 173 Å². The third-order valence-corrected chi connectivity index (χ3v) is 3.75. The first-order valence-corrected chi connectivity index (χ1v) is 8.39. The van der Waals surface area contributed by atoms with Crippen LogP contribution < -0.4 is 21.1 Å². The number of aromatic nitrogens is 2. The summed E-state index contributed by atoms with van der Waals surface area (Å²) in [4.78, 5) is 41.1. The van der Waals surface area contributed by atoms with Gasteiger partial charge in [-0.2, -0.15) is 0 Å². The SMILES string of the molecule is NC(=O)c1[nH]c(Cc2ccc(OC(=O)O)o2)nc1NC(=O)Nc1ccc(Cl)cc1. The predicted octanol–water partition coefficient (Wildman–Crippen LogP) is 3.05. The van der Waals surface area contributed by atoms with Crippen LogP contribution in [-0.2, 0) is 6.42 Å². The Kier molecular flexibility index (Phi) is 5.69. The molecule has 0 atom stereocenters. The fourth-order valence-corrected chi connectivity index (χ4v) is 2.46. The molecule has 3 amide bonds. The van der Waals surface area contributed by atoms with Gasteiger partial charge in [-0.3, -0.25) is 10.1 Å². The number of furan rings is 1. The molecule has 12 heteroatoms. The highest BCUT2D eigenvalue weighted by molar-refractivity contribution is 6.30. The van der Waals surface area contributed by atoms with Gasteiger partial charge >= 0.3 is 12.2 Å². The molecule has 0 radical (unpaired) electrons. The molecule has 0 bridgehead atoms. The molecule has 3 aromatic rings. The molecule has 1 aromatic carbocycles. The van der Waals surface area contributed by atoms with E-state index in [4.69, 9.17) is 26.9 Å². The van der Waals surface area contributed by atoms with Crippen molar-refractivity contribution in [2.45, 2.75) is 6.42 Å². The number of hydrogen-bond donors (Lipinski definition) is 5. The highest BCUT2D eigenvalue weighted by atomic mass is 35.5. The second-order valence-corrected chi connectivity index (χ2v) is 6.06. The summed E-state index contributed by atoms with van der Waals surface area (Å²) in [5, 5.41) is 14.1. The highest BCUT2D eigenvalue weighted by Gasteiger charge is 2.18. The fraction of sp³-hybridized carbons (Fsp3) is 0.0588. The monoisotopic (exact) mass is 419 g/mol. The maximum Gasteiger partial charge on any atom is 0.513 e. The van der Waals surface area contributed by atoms with Crippen LogP contribution in [0.1, 0.15) is 22.1 Å². The number of nitrogens with two attached hydrogens (primary N) is 1. The molecule has 0 aliphatic heterocycles. The first-order valence-electron chi connectivity index (χ1n) is 8.02. The van der Waals surface area contributed by atoms with Crippen molar-refractivity contribution < 1.29 is 28.6 Å². The quantitative estimate of drug-likeness (QED) is 0.381. The van der Waals surface area contributed by atoms with E-state index < -0.39 is 18.1 Å². The minimum Gasteiger partial charge on any atom is -0.449 e. The van der Waals surface area contributed by atoms with Gasteiger partial charge in [0.05, 0.1) is 6.42 Å². The van der Waals surface area contributed by atoms with Crippen molar-refractivity contribution >= 4 is 41.2 Å². The number of nitrogens with zero attached hydrogens (tertiary/aromatic N) is 1. The van der Waals surface area contributed by atoms with Crippen LogP contribution in [-0.4, -0.2) is 33.2 Å². The van der Waals surface area contributed by atoms with Gasteiger partial charge in [-0.25, -0.2) is 14.6 Å². The molecule has 0 spiro atoms. The van der Waals surface area contributed by atoms with E-state index in [2.05, 4.69) is 25.3 Å². The molecule has 11 nitrogen and oxygen atoms in total. The number of aromatic amines is 1. The predicted molar refractivity (Wildman–Crippen MR) is 101 cm³/mol. The van der Waals surface area contributed by atoms with Gasteiger partial charge in [0.15, 0.2) is 5.82 Å². The summed E-state index contributed by atoms with van der Waals surface area (Å²) in [7, 11) is 0. The van der Waals surface area contributed by atoms with Crippen LogP contribution >= 0.6 is 11.6 Å². The zero-order valence-electron chi connectivity index (χ0n) is 14.6. The van der Waals surface area contributed by atoms with Crippen molar-refractivity contribution in [1.29, 1.82) is 0 Å². The zero-order chi connectivity index (χ0) is 21.0. The van der Waals surface area contributed by atoms with E-state index in [-0.39, 0.29) is 29.7 Å². The number of rotatable bonds is 6. The van der Waals surface area contributed by atoms with Gasteiger partial charge in [-0.1, -0.05) is 11.6 Å². The molecule has 6 N–H and O–H groups in total. The third-order valence-electron chi connectivity index (χ3n) is 3.50. The van der Waals surface area contributed by atoms with Gasteiger partial charge in [-0.15, -0.1) is 0 Å². The van der Waals surface area contributed by atoms with E-state index in [1.165, 1.54) is 12.1 Å². The van der Waals surface area contributed by atoms with E-state index in [1.54, 1.807) is 24.3 Å². The van der Waals surface area contributed by atoms with Gasteiger partial charge in [0.2, 0.25) is 0 Å². The Labute approximate surface area is 167 Å². The highest BCUT2D eigenvalue weighted by Crippen LogP contribution is 2.20. The number of carboxylic acid groups (broad SMARTS) is 1. The second kappa shape index (κ2) is 8.35. The van der Waals surface area contributed by atoms with E-state index in [0.29, 0.717) is 16.5 Å². The van der Waals surface area contributed by atoms with Crippen molar-refractivity contribution in [2.75, 3.05) is 10.6 Å². The molecular weight excluding hydrogens is 406 g/mol. The van der Waals surface area contributed by atoms with Crippen molar-refractivity contribution in [3.8, 4) is 5.95 Å². The van der Waals surface area contributed by atoms with Crippen molar-refractivity contribution in [3.63, 3.8) is 0 Å². The molecule has 0 aliphatic rings. The van der Waals surface area contributed by atoms with Crippen LogP contribution in [0, 0.1) is 0 Å². The van der Waals surface area contributed by atoms with E-state index in [0.717, 1.165) is 0 Å². The summed E-state index contributed by atoms with van der Waals surface area (Å²) in [5.74, 6) is -0.567. The molecular formula is C17H14ClN5O6. The molecule has 0 saturated carbocycles. The first kappa shape index (κ1) is 19.8. The molecule has 3 rings (SSSR count). The summed E-state index contributed by atoms with van der Waals surface area (Å²) < 4.78 is 9.58. The Hall–Kier alpha value is -3.99. The molecule has 0 saturated heterocycles. The number of anilines is 2. The molecule has 0 aliphatic carbocycles. The summed E-state index contributed by atoms with van der Waals surface area (Å²) in [5.41, 5.74) is 5.69. The summed E-state index contributed by atoms with van der Waals surface area (Å²) in [6.45, 7) is 0. The van der Waals surface area contributed by atoms with Crippen LogP contribution in [0.2, 0.25) is 5.02 Å². The number of H-pyrrole nitrogens is 1. The summed E-state index contributed by atoms with van der Waals surface area (Å²) >= 11 is 5.79. The number of amides is 3. The number of nitrogens with one attached hydrogen (secondary N) is 3. The van der Waals surface area contributed by atoms with E-state index >= 15 is 0 Å². The van der Waals surface area contributed by atoms with Gasteiger partial charge in [0.1, 0.15) is 17.3 Å². The Balaban J connectivity index is 1.71. The minimum atomic E-state index is -1.52. The average Bonchev–Trinajstić information content (AvgIpc) is 3.23. The number of ether oxygens (including phenoxy) is 1.